The van der Waals surface area contributed by atoms with Crippen molar-refractivity contribution in [2.24, 2.45) is 0 Å². The van der Waals surface area contributed by atoms with Crippen LogP contribution in [0.4, 0.5) is 0 Å². The quantitative estimate of drug-likeness (QED) is 0.175. The molecule has 1 heteroatoms. The highest BCUT2D eigenvalue weighted by Gasteiger charge is 2.31. The molecule has 0 bridgehead atoms. The Kier molecular flexibility index (Phi) is 6.36. The van der Waals surface area contributed by atoms with E-state index in [-0.39, 0.29) is 0 Å². The van der Waals surface area contributed by atoms with Gasteiger partial charge in [0.1, 0.15) is 0 Å². The van der Waals surface area contributed by atoms with Crippen LogP contribution in [0.5, 0.6) is 0 Å². The van der Waals surface area contributed by atoms with Crippen LogP contribution in [0.25, 0.3) is 56.0 Å². The molecular weight excluding hydrogens is 559 g/mol. The molecule has 0 amide bonds. The fourth-order valence-electron chi connectivity index (χ4n) is 7.42. The summed E-state index contributed by atoms with van der Waals surface area (Å²) < 4.78 is 0. The van der Waals surface area contributed by atoms with Crippen molar-refractivity contribution in [3.05, 3.63) is 174 Å². The van der Waals surface area contributed by atoms with Crippen LogP contribution in [0, 0.1) is 0 Å². The van der Waals surface area contributed by atoms with Crippen molar-refractivity contribution < 1.29 is 0 Å². The molecule has 212 valence electrons. The van der Waals surface area contributed by atoms with Crippen molar-refractivity contribution in [3.8, 4) is 22.3 Å². The van der Waals surface area contributed by atoms with Crippen molar-refractivity contribution in [2.75, 3.05) is 0 Å². The lowest BCUT2D eigenvalue weighted by molar-refractivity contribution is 1.32. The molecule has 9 rings (SSSR count). The summed E-state index contributed by atoms with van der Waals surface area (Å²) in [4.78, 5) is 0. The van der Waals surface area contributed by atoms with Gasteiger partial charge in [-0.25, -0.2) is 0 Å². The number of hydrogen-bond acceptors (Lipinski definition) is 0. The summed E-state index contributed by atoms with van der Waals surface area (Å²) in [6, 6.07) is 52.1. The first-order valence-corrected chi connectivity index (χ1v) is 17.2. The maximum atomic E-state index is 2.41. The maximum Gasteiger partial charge on any atom is 0.000331 e. The Balaban J connectivity index is 1.43. The van der Waals surface area contributed by atoms with Crippen molar-refractivity contribution in [1.29, 1.82) is 0 Å². The van der Waals surface area contributed by atoms with Crippen LogP contribution < -0.4 is 15.9 Å². The van der Waals surface area contributed by atoms with Crippen LogP contribution in [0.3, 0.4) is 0 Å². The Morgan fingerprint density at radius 2 is 0.844 bits per heavy atom. The van der Waals surface area contributed by atoms with E-state index in [2.05, 4.69) is 164 Å². The second-order valence-corrected chi connectivity index (χ2v) is 14.1. The third kappa shape index (κ3) is 4.33. The van der Waals surface area contributed by atoms with Gasteiger partial charge in [-0.1, -0.05) is 164 Å². The molecule has 2 aliphatic carbocycles. The van der Waals surface area contributed by atoms with Gasteiger partial charge in [0, 0.05) is 10.6 Å². The second kappa shape index (κ2) is 10.8. The molecule has 0 heterocycles. The molecule has 0 unspecified atom stereocenters. The number of benzene rings is 7. The average molecular weight is 591 g/mol. The van der Waals surface area contributed by atoms with Gasteiger partial charge in [0.05, 0.1) is 0 Å². The number of hydrogen-bond donors (Lipinski definition) is 0. The maximum absolute atomic E-state index is 2.41. The molecule has 0 saturated carbocycles. The van der Waals surface area contributed by atoms with E-state index in [1.807, 2.05) is 0 Å². The predicted molar refractivity (Wildman–Crippen MR) is 197 cm³/mol. The summed E-state index contributed by atoms with van der Waals surface area (Å²) in [5.74, 6) is 0. The minimum absolute atomic E-state index is 0.954. The largest absolute Gasteiger partial charge is 0.0795 e. The van der Waals surface area contributed by atoms with Crippen molar-refractivity contribution in [2.45, 2.75) is 12.8 Å². The van der Waals surface area contributed by atoms with Gasteiger partial charge >= 0.3 is 0 Å². The predicted octanol–water partition coefficient (Wildman–Crippen LogP) is 10.2. The van der Waals surface area contributed by atoms with Crippen molar-refractivity contribution >= 4 is 57.5 Å². The molecule has 0 N–H and O–H groups in total. The summed E-state index contributed by atoms with van der Waals surface area (Å²) in [5.41, 5.74) is 11.0. The zero-order chi connectivity index (χ0) is 29.7. The van der Waals surface area contributed by atoms with Crippen LogP contribution in [-0.4, -0.2) is 0 Å². The normalized spacial score (nSPS) is 13.2. The van der Waals surface area contributed by atoms with E-state index >= 15 is 0 Å². The van der Waals surface area contributed by atoms with Gasteiger partial charge in [-0.15, -0.1) is 0 Å². The number of fused-ring (bicyclic) bond motifs is 4. The Hall–Kier alpha value is -5.03. The fourth-order valence-corrected chi connectivity index (χ4v) is 10.4. The van der Waals surface area contributed by atoms with Gasteiger partial charge in [0.25, 0.3) is 0 Å². The average Bonchev–Trinajstić information content (AvgIpc) is 3.79. The Morgan fingerprint density at radius 3 is 1.38 bits per heavy atom. The lowest BCUT2D eigenvalue weighted by Gasteiger charge is -2.29. The Labute approximate surface area is 265 Å². The summed E-state index contributed by atoms with van der Waals surface area (Å²) >= 11 is 0. The number of rotatable bonds is 5. The van der Waals surface area contributed by atoms with E-state index in [0.717, 1.165) is 12.8 Å². The standard InChI is InChI=1S/C44H31P/c1-2-18-34(19-3-1)45(43-37-22-8-16-32(37)26-28-41(43)39-24-10-14-30-12-4-6-20-35(30)39)44-38-23-9-17-33(38)27-29-42(44)40-25-11-15-31-13-5-7-21-36(31)40/h1-15,18-29H,16-17H2. The molecule has 0 spiro atoms. The molecule has 7 aromatic carbocycles. The zero-order valence-corrected chi connectivity index (χ0v) is 25.8. The summed E-state index contributed by atoms with van der Waals surface area (Å²) in [6.07, 6.45) is 11.5. The topological polar surface area (TPSA) is 0 Å². The van der Waals surface area contributed by atoms with Crippen LogP contribution in [0.1, 0.15) is 22.3 Å². The van der Waals surface area contributed by atoms with Gasteiger partial charge in [0.15, 0.2) is 0 Å². The molecule has 2 aliphatic rings. The summed E-state index contributed by atoms with van der Waals surface area (Å²) in [6.45, 7) is 0. The molecule has 7 aromatic rings. The van der Waals surface area contributed by atoms with E-state index in [1.54, 1.807) is 0 Å². The zero-order valence-electron chi connectivity index (χ0n) is 24.9. The SMILES string of the molecule is C1=Cc2c(ccc(-c3cccc4ccccc34)c2P(c2ccccc2)c2c(-c3cccc4ccccc34)ccc3c2C=CC3)C1. The summed E-state index contributed by atoms with van der Waals surface area (Å²) in [7, 11) is -0.954. The molecule has 0 radical (unpaired) electrons. The highest BCUT2D eigenvalue weighted by atomic mass is 31.1. The Morgan fingerprint density at radius 1 is 0.378 bits per heavy atom. The molecule has 0 aromatic heterocycles. The second-order valence-electron chi connectivity index (χ2n) is 12.0. The van der Waals surface area contributed by atoms with Crippen molar-refractivity contribution in [1.82, 2.24) is 0 Å². The van der Waals surface area contributed by atoms with Crippen LogP contribution >= 0.6 is 7.92 Å². The lowest BCUT2D eigenvalue weighted by Crippen LogP contribution is -2.27. The van der Waals surface area contributed by atoms with Crippen LogP contribution in [0.2, 0.25) is 0 Å². The van der Waals surface area contributed by atoms with E-state index < -0.39 is 7.92 Å². The molecular formula is C44H31P. The highest BCUT2D eigenvalue weighted by molar-refractivity contribution is 7.80. The van der Waals surface area contributed by atoms with Crippen LogP contribution in [-0.2, 0) is 12.8 Å². The van der Waals surface area contributed by atoms with Gasteiger partial charge < -0.3 is 0 Å². The first-order chi connectivity index (χ1) is 22.3. The van der Waals surface area contributed by atoms with Gasteiger partial charge in [0.2, 0.25) is 0 Å². The van der Waals surface area contributed by atoms with E-state index in [0.29, 0.717) is 0 Å². The molecule has 0 nitrogen and oxygen atoms in total. The number of allylic oxidation sites excluding steroid dienone is 2. The van der Waals surface area contributed by atoms with Gasteiger partial charge in [-0.2, -0.15) is 0 Å². The first kappa shape index (κ1) is 26.4. The molecule has 0 fully saturated rings. The highest BCUT2D eigenvalue weighted by Crippen LogP contribution is 2.47. The summed E-state index contributed by atoms with van der Waals surface area (Å²) in [5, 5.41) is 9.49. The fraction of sp³-hybridized carbons (Fsp3) is 0.0455. The minimum atomic E-state index is -0.954. The molecule has 0 atom stereocenters. The van der Waals surface area contributed by atoms with E-state index in [4.69, 9.17) is 0 Å². The van der Waals surface area contributed by atoms with Crippen LogP contribution in [0.15, 0.2) is 152 Å². The van der Waals surface area contributed by atoms with E-state index in [1.165, 1.54) is 82.0 Å². The Bertz CT molecular complexity index is 2170. The first-order valence-electron chi connectivity index (χ1n) is 15.8. The van der Waals surface area contributed by atoms with E-state index in [9.17, 15) is 0 Å². The monoisotopic (exact) mass is 590 g/mol. The van der Waals surface area contributed by atoms with Gasteiger partial charge in [-0.3, -0.25) is 0 Å². The lowest BCUT2D eigenvalue weighted by atomic mass is 9.95. The minimum Gasteiger partial charge on any atom is -0.0795 e. The van der Waals surface area contributed by atoms with Gasteiger partial charge in [-0.05, 0) is 92.1 Å². The molecule has 0 saturated heterocycles. The third-order valence-corrected chi connectivity index (χ3v) is 12.2. The molecule has 0 aliphatic heterocycles. The van der Waals surface area contributed by atoms with Crippen molar-refractivity contribution in [3.63, 3.8) is 0 Å². The smallest absolute Gasteiger partial charge is 0.000331 e. The molecule has 45 heavy (non-hydrogen) atoms. The third-order valence-electron chi connectivity index (χ3n) is 9.48.